The van der Waals surface area contributed by atoms with Gasteiger partial charge in [0.1, 0.15) is 5.82 Å². The van der Waals surface area contributed by atoms with Gasteiger partial charge in [0.15, 0.2) is 0 Å². The molecule has 0 bridgehead atoms. The Labute approximate surface area is 171 Å². The van der Waals surface area contributed by atoms with Gasteiger partial charge >= 0.3 is 0 Å². The summed E-state index contributed by atoms with van der Waals surface area (Å²) in [6.45, 7) is 6.78. The number of carbonyl (C=O) groups excluding carboxylic acids is 1. The first-order valence-electron chi connectivity index (χ1n) is 9.57. The SMILES string of the molecule is CCCn1c(CCC(=O)Nc2cc(C)cc(C)c2)nc2cc(S(N)(=O)=O)ccc21. The predicted molar refractivity (Wildman–Crippen MR) is 114 cm³/mol. The number of rotatable bonds is 7. The minimum Gasteiger partial charge on any atom is -0.328 e. The van der Waals surface area contributed by atoms with E-state index in [1.165, 1.54) is 12.1 Å². The van der Waals surface area contributed by atoms with Crippen LogP contribution in [0.2, 0.25) is 0 Å². The average molecular weight is 415 g/mol. The number of amides is 1. The van der Waals surface area contributed by atoms with E-state index in [-0.39, 0.29) is 17.2 Å². The molecule has 7 nitrogen and oxygen atoms in total. The standard InChI is InChI=1S/C21H26N4O3S/c1-4-9-25-19-6-5-17(29(22,27)28)13-18(19)24-20(25)7-8-21(26)23-16-11-14(2)10-15(3)12-16/h5-6,10-13H,4,7-9H2,1-3H3,(H,23,26)(H2,22,27,28). The highest BCUT2D eigenvalue weighted by molar-refractivity contribution is 7.89. The molecular weight excluding hydrogens is 388 g/mol. The number of nitrogens with zero attached hydrogens (tertiary/aromatic N) is 2. The Bertz CT molecular complexity index is 1150. The molecule has 154 valence electrons. The summed E-state index contributed by atoms with van der Waals surface area (Å²) in [5.41, 5.74) is 4.37. The Hall–Kier alpha value is -2.71. The molecule has 0 saturated carbocycles. The van der Waals surface area contributed by atoms with Crippen molar-refractivity contribution in [2.75, 3.05) is 5.32 Å². The third-order valence-corrected chi connectivity index (χ3v) is 5.57. The highest BCUT2D eigenvalue weighted by Crippen LogP contribution is 2.22. The van der Waals surface area contributed by atoms with Crippen LogP contribution >= 0.6 is 0 Å². The Morgan fingerprint density at radius 1 is 1.14 bits per heavy atom. The fraction of sp³-hybridized carbons (Fsp3) is 0.333. The molecule has 0 spiro atoms. The van der Waals surface area contributed by atoms with Crippen LogP contribution in [0.5, 0.6) is 0 Å². The van der Waals surface area contributed by atoms with Crippen molar-refractivity contribution >= 4 is 32.7 Å². The van der Waals surface area contributed by atoms with Crippen molar-refractivity contribution in [1.82, 2.24) is 9.55 Å². The van der Waals surface area contributed by atoms with Crippen molar-refractivity contribution in [3.63, 3.8) is 0 Å². The van der Waals surface area contributed by atoms with Gasteiger partial charge in [-0.25, -0.2) is 18.5 Å². The van der Waals surface area contributed by atoms with Gasteiger partial charge in [-0.05, 0) is 61.7 Å². The number of carbonyl (C=O) groups is 1. The summed E-state index contributed by atoms with van der Waals surface area (Å²) in [6, 6.07) is 10.6. The third kappa shape index (κ3) is 5.02. The zero-order valence-electron chi connectivity index (χ0n) is 16.9. The van der Waals surface area contributed by atoms with E-state index in [0.717, 1.165) is 41.1 Å². The number of sulfonamides is 1. The van der Waals surface area contributed by atoms with Crippen LogP contribution < -0.4 is 10.5 Å². The molecular formula is C21H26N4O3S. The fourth-order valence-electron chi connectivity index (χ4n) is 3.50. The van der Waals surface area contributed by atoms with E-state index < -0.39 is 10.0 Å². The number of hydrogen-bond donors (Lipinski definition) is 2. The molecule has 0 fully saturated rings. The minimum absolute atomic E-state index is 0.0326. The molecule has 3 rings (SSSR count). The lowest BCUT2D eigenvalue weighted by molar-refractivity contribution is -0.116. The second kappa shape index (κ2) is 8.34. The number of aromatic nitrogens is 2. The average Bonchev–Trinajstić information content (AvgIpc) is 2.96. The summed E-state index contributed by atoms with van der Waals surface area (Å²) in [7, 11) is -3.79. The van der Waals surface area contributed by atoms with Crippen LogP contribution in [0.4, 0.5) is 5.69 Å². The van der Waals surface area contributed by atoms with Gasteiger partial charge in [0.05, 0.1) is 15.9 Å². The Morgan fingerprint density at radius 2 is 1.83 bits per heavy atom. The number of hydrogen-bond acceptors (Lipinski definition) is 4. The van der Waals surface area contributed by atoms with Crippen molar-refractivity contribution in [1.29, 1.82) is 0 Å². The largest absolute Gasteiger partial charge is 0.328 e. The Morgan fingerprint density at radius 3 is 2.45 bits per heavy atom. The maximum absolute atomic E-state index is 12.4. The molecule has 8 heteroatoms. The van der Waals surface area contributed by atoms with E-state index in [1.54, 1.807) is 6.07 Å². The van der Waals surface area contributed by atoms with Crippen LogP contribution in [0.1, 0.15) is 36.7 Å². The van der Waals surface area contributed by atoms with Crippen molar-refractivity contribution < 1.29 is 13.2 Å². The third-order valence-electron chi connectivity index (χ3n) is 4.66. The quantitative estimate of drug-likeness (QED) is 0.618. The van der Waals surface area contributed by atoms with E-state index in [1.807, 2.05) is 30.5 Å². The molecule has 3 N–H and O–H groups in total. The van der Waals surface area contributed by atoms with Crippen LogP contribution in [0, 0.1) is 13.8 Å². The predicted octanol–water partition coefficient (Wildman–Crippen LogP) is 3.28. The summed E-state index contributed by atoms with van der Waals surface area (Å²) in [5, 5.41) is 8.17. The summed E-state index contributed by atoms with van der Waals surface area (Å²) >= 11 is 0. The number of anilines is 1. The summed E-state index contributed by atoms with van der Waals surface area (Å²) < 4.78 is 25.3. The number of imidazole rings is 1. The molecule has 0 atom stereocenters. The first-order valence-corrected chi connectivity index (χ1v) is 11.1. The molecule has 0 unspecified atom stereocenters. The van der Waals surface area contributed by atoms with E-state index in [0.29, 0.717) is 11.9 Å². The highest BCUT2D eigenvalue weighted by atomic mass is 32.2. The molecule has 1 aromatic heterocycles. The lowest BCUT2D eigenvalue weighted by Gasteiger charge is -2.09. The normalized spacial score (nSPS) is 11.7. The van der Waals surface area contributed by atoms with E-state index in [9.17, 15) is 13.2 Å². The topological polar surface area (TPSA) is 107 Å². The lowest BCUT2D eigenvalue weighted by atomic mass is 10.1. The van der Waals surface area contributed by atoms with Gasteiger partial charge in [-0.15, -0.1) is 0 Å². The second-order valence-corrected chi connectivity index (χ2v) is 8.86. The van der Waals surface area contributed by atoms with Crippen LogP contribution in [0.25, 0.3) is 11.0 Å². The molecule has 29 heavy (non-hydrogen) atoms. The molecule has 0 radical (unpaired) electrons. The van der Waals surface area contributed by atoms with Gasteiger partial charge in [-0.3, -0.25) is 4.79 Å². The number of nitrogens with two attached hydrogens (primary N) is 1. The van der Waals surface area contributed by atoms with Gasteiger partial charge < -0.3 is 9.88 Å². The lowest BCUT2D eigenvalue weighted by Crippen LogP contribution is -2.14. The molecule has 0 aliphatic rings. The van der Waals surface area contributed by atoms with E-state index in [2.05, 4.69) is 23.3 Å². The Kier molecular flexibility index (Phi) is 6.04. The number of nitrogens with one attached hydrogen (secondary N) is 1. The molecule has 3 aromatic rings. The van der Waals surface area contributed by atoms with Crippen LogP contribution in [0.3, 0.4) is 0 Å². The Balaban J connectivity index is 1.81. The monoisotopic (exact) mass is 414 g/mol. The van der Waals surface area contributed by atoms with Gasteiger partial charge in [-0.2, -0.15) is 0 Å². The molecule has 0 aliphatic heterocycles. The van der Waals surface area contributed by atoms with Crippen molar-refractivity contribution in [3.8, 4) is 0 Å². The maximum Gasteiger partial charge on any atom is 0.238 e. The second-order valence-electron chi connectivity index (χ2n) is 7.30. The van der Waals surface area contributed by atoms with Crippen molar-refractivity contribution in [3.05, 3.63) is 53.3 Å². The summed E-state index contributed by atoms with van der Waals surface area (Å²) in [6.07, 6.45) is 1.63. The molecule has 1 amide bonds. The zero-order valence-corrected chi connectivity index (χ0v) is 17.7. The van der Waals surface area contributed by atoms with Crippen LogP contribution in [0.15, 0.2) is 41.3 Å². The maximum atomic E-state index is 12.4. The van der Waals surface area contributed by atoms with Crippen LogP contribution in [-0.4, -0.2) is 23.9 Å². The number of fused-ring (bicyclic) bond motifs is 1. The van der Waals surface area contributed by atoms with Gasteiger partial charge in [-0.1, -0.05) is 13.0 Å². The smallest absolute Gasteiger partial charge is 0.238 e. The van der Waals surface area contributed by atoms with Crippen LogP contribution in [-0.2, 0) is 27.8 Å². The molecule has 0 saturated heterocycles. The first-order chi connectivity index (χ1) is 13.7. The molecule has 0 aliphatic carbocycles. The fourth-order valence-corrected chi connectivity index (χ4v) is 4.03. The summed E-state index contributed by atoms with van der Waals surface area (Å²) in [5.74, 6) is 0.666. The number of aryl methyl sites for hydroxylation is 4. The van der Waals surface area contributed by atoms with Crippen molar-refractivity contribution in [2.45, 2.75) is 51.5 Å². The molecule has 2 aromatic carbocycles. The first kappa shape index (κ1) is 21.0. The highest BCUT2D eigenvalue weighted by Gasteiger charge is 2.15. The number of primary sulfonamides is 1. The number of benzene rings is 2. The van der Waals surface area contributed by atoms with Gasteiger partial charge in [0.2, 0.25) is 15.9 Å². The van der Waals surface area contributed by atoms with Gasteiger partial charge in [0, 0.05) is 25.1 Å². The molecule has 1 heterocycles. The van der Waals surface area contributed by atoms with E-state index >= 15 is 0 Å². The van der Waals surface area contributed by atoms with E-state index in [4.69, 9.17) is 5.14 Å². The zero-order chi connectivity index (χ0) is 21.2. The van der Waals surface area contributed by atoms with Crippen molar-refractivity contribution in [2.24, 2.45) is 5.14 Å². The minimum atomic E-state index is -3.79. The summed E-state index contributed by atoms with van der Waals surface area (Å²) in [4.78, 5) is 17.0. The van der Waals surface area contributed by atoms with Gasteiger partial charge in [0.25, 0.3) is 0 Å².